The first-order chi connectivity index (χ1) is 13.7. The van der Waals surface area contributed by atoms with E-state index in [-0.39, 0.29) is 30.7 Å². The SMILES string of the molecule is Cl.Cl.NC(Cc1ccccc1)C(=O)NCc1cccc(OCCN2CCOCC2)c1. The summed E-state index contributed by atoms with van der Waals surface area (Å²) in [5.74, 6) is 0.663. The quantitative estimate of drug-likeness (QED) is 0.606. The number of rotatable bonds is 9. The Morgan fingerprint density at radius 1 is 1.07 bits per heavy atom. The lowest BCUT2D eigenvalue weighted by Gasteiger charge is -2.26. The van der Waals surface area contributed by atoms with Gasteiger partial charge in [-0.1, -0.05) is 42.5 Å². The zero-order valence-corrected chi connectivity index (χ0v) is 18.6. The molecule has 1 fully saturated rings. The summed E-state index contributed by atoms with van der Waals surface area (Å²) in [6.45, 7) is 5.46. The van der Waals surface area contributed by atoms with Crippen molar-refractivity contribution in [2.24, 2.45) is 5.73 Å². The molecule has 8 heteroatoms. The van der Waals surface area contributed by atoms with E-state index < -0.39 is 6.04 Å². The molecule has 0 aliphatic carbocycles. The average molecular weight is 456 g/mol. The molecule has 30 heavy (non-hydrogen) atoms. The highest BCUT2D eigenvalue weighted by Gasteiger charge is 2.14. The lowest BCUT2D eigenvalue weighted by atomic mass is 10.1. The molecule has 6 nitrogen and oxygen atoms in total. The van der Waals surface area contributed by atoms with Gasteiger partial charge in [-0.05, 0) is 29.7 Å². The van der Waals surface area contributed by atoms with Crippen molar-refractivity contribution in [3.63, 3.8) is 0 Å². The fraction of sp³-hybridized carbons (Fsp3) is 0.409. The van der Waals surface area contributed by atoms with Crippen LogP contribution in [0.5, 0.6) is 5.75 Å². The maximum atomic E-state index is 12.3. The van der Waals surface area contributed by atoms with E-state index in [1.165, 1.54) is 0 Å². The fourth-order valence-electron chi connectivity index (χ4n) is 3.14. The summed E-state index contributed by atoms with van der Waals surface area (Å²) < 4.78 is 11.2. The second-order valence-electron chi connectivity index (χ2n) is 6.96. The van der Waals surface area contributed by atoms with Gasteiger partial charge in [0.2, 0.25) is 5.91 Å². The van der Waals surface area contributed by atoms with E-state index in [4.69, 9.17) is 15.2 Å². The van der Waals surface area contributed by atoms with E-state index >= 15 is 0 Å². The number of halogens is 2. The van der Waals surface area contributed by atoms with E-state index in [1.54, 1.807) is 0 Å². The number of hydrogen-bond donors (Lipinski definition) is 2. The van der Waals surface area contributed by atoms with Gasteiger partial charge >= 0.3 is 0 Å². The highest BCUT2D eigenvalue weighted by atomic mass is 35.5. The van der Waals surface area contributed by atoms with E-state index in [2.05, 4.69) is 10.2 Å². The molecule has 1 aliphatic heterocycles. The summed E-state index contributed by atoms with van der Waals surface area (Å²) in [6.07, 6.45) is 0.525. The molecule has 1 atom stereocenters. The van der Waals surface area contributed by atoms with Gasteiger partial charge in [0.25, 0.3) is 0 Å². The van der Waals surface area contributed by atoms with Crippen LogP contribution in [0.2, 0.25) is 0 Å². The molecule has 0 saturated carbocycles. The molecule has 1 saturated heterocycles. The van der Waals surface area contributed by atoms with Crippen molar-refractivity contribution < 1.29 is 14.3 Å². The lowest BCUT2D eigenvalue weighted by molar-refractivity contribution is -0.122. The van der Waals surface area contributed by atoms with Crippen molar-refractivity contribution in [1.29, 1.82) is 0 Å². The number of nitrogens with two attached hydrogens (primary N) is 1. The first-order valence-electron chi connectivity index (χ1n) is 9.80. The van der Waals surface area contributed by atoms with Gasteiger partial charge in [-0.3, -0.25) is 9.69 Å². The van der Waals surface area contributed by atoms with E-state index in [9.17, 15) is 4.79 Å². The third-order valence-electron chi connectivity index (χ3n) is 4.78. The fourth-order valence-corrected chi connectivity index (χ4v) is 3.14. The molecule has 0 aromatic heterocycles. The van der Waals surface area contributed by atoms with Crippen molar-refractivity contribution in [1.82, 2.24) is 10.2 Å². The largest absolute Gasteiger partial charge is 0.492 e. The molecule has 2 aromatic carbocycles. The molecule has 1 aliphatic rings. The highest BCUT2D eigenvalue weighted by molar-refractivity contribution is 5.85. The van der Waals surface area contributed by atoms with E-state index in [1.807, 2.05) is 54.6 Å². The predicted molar refractivity (Wildman–Crippen MR) is 124 cm³/mol. The normalized spacial score (nSPS) is 14.7. The zero-order valence-electron chi connectivity index (χ0n) is 17.0. The number of ether oxygens (including phenoxy) is 2. The third kappa shape index (κ3) is 8.90. The number of morpholine rings is 1. The van der Waals surface area contributed by atoms with Crippen molar-refractivity contribution in [2.45, 2.75) is 19.0 Å². The van der Waals surface area contributed by atoms with Crippen molar-refractivity contribution >= 4 is 30.7 Å². The molecule has 166 valence electrons. The molecule has 2 aromatic rings. The van der Waals surface area contributed by atoms with Crippen LogP contribution in [0.3, 0.4) is 0 Å². The summed E-state index contributed by atoms with van der Waals surface area (Å²) in [7, 11) is 0. The van der Waals surface area contributed by atoms with Crippen LogP contribution in [0.15, 0.2) is 54.6 Å². The second kappa shape index (κ2) is 14.2. The molecule has 1 unspecified atom stereocenters. The summed E-state index contributed by atoms with van der Waals surface area (Å²) in [5.41, 5.74) is 8.08. The first kappa shape index (κ1) is 26.2. The summed E-state index contributed by atoms with van der Waals surface area (Å²) >= 11 is 0. The Morgan fingerprint density at radius 2 is 1.77 bits per heavy atom. The van der Waals surface area contributed by atoms with E-state index in [0.29, 0.717) is 19.6 Å². The number of nitrogens with one attached hydrogen (secondary N) is 1. The number of carbonyl (C=O) groups excluding carboxylic acids is 1. The molecule has 1 heterocycles. The molecular weight excluding hydrogens is 425 g/mol. The number of nitrogens with zero attached hydrogens (tertiary/aromatic N) is 1. The highest BCUT2D eigenvalue weighted by Crippen LogP contribution is 2.13. The van der Waals surface area contributed by atoms with Crippen LogP contribution in [0.25, 0.3) is 0 Å². The molecule has 3 N–H and O–H groups in total. The van der Waals surface area contributed by atoms with Crippen LogP contribution in [-0.2, 0) is 22.5 Å². The minimum absolute atomic E-state index is 0. The van der Waals surface area contributed by atoms with Crippen LogP contribution in [-0.4, -0.2) is 56.3 Å². The summed E-state index contributed by atoms with van der Waals surface area (Å²) in [4.78, 5) is 14.6. The maximum absolute atomic E-state index is 12.3. The number of benzene rings is 2. The predicted octanol–water partition coefficient (Wildman–Crippen LogP) is 2.43. The van der Waals surface area contributed by atoms with Gasteiger partial charge in [0, 0.05) is 26.2 Å². The topological polar surface area (TPSA) is 76.8 Å². The Labute approximate surface area is 190 Å². The Hall–Kier alpha value is -1.83. The summed E-state index contributed by atoms with van der Waals surface area (Å²) in [5, 5.41) is 2.91. The average Bonchev–Trinajstić information content (AvgIpc) is 2.74. The van der Waals surface area contributed by atoms with Gasteiger partial charge in [-0.25, -0.2) is 0 Å². The van der Waals surface area contributed by atoms with E-state index in [0.717, 1.165) is 49.7 Å². The van der Waals surface area contributed by atoms with Gasteiger partial charge in [-0.15, -0.1) is 24.8 Å². The summed E-state index contributed by atoms with van der Waals surface area (Å²) in [6, 6.07) is 17.0. The monoisotopic (exact) mass is 455 g/mol. The Kier molecular flexibility index (Phi) is 12.4. The molecule has 0 spiro atoms. The molecule has 0 radical (unpaired) electrons. The van der Waals surface area contributed by atoms with Crippen LogP contribution >= 0.6 is 24.8 Å². The van der Waals surface area contributed by atoms with Gasteiger partial charge in [-0.2, -0.15) is 0 Å². The smallest absolute Gasteiger partial charge is 0.237 e. The Morgan fingerprint density at radius 3 is 2.50 bits per heavy atom. The minimum atomic E-state index is -0.560. The van der Waals surface area contributed by atoms with Crippen molar-refractivity contribution in [3.05, 3.63) is 65.7 Å². The molecule has 1 amide bonds. The molecular formula is C22H31Cl2N3O3. The van der Waals surface area contributed by atoms with Crippen LogP contribution < -0.4 is 15.8 Å². The van der Waals surface area contributed by atoms with Gasteiger partial charge in [0.15, 0.2) is 0 Å². The van der Waals surface area contributed by atoms with Gasteiger partial charge in [0.05, 0.1) is 19.3 Å². The van der Waals surface area contributed by atoms with Crippen LogP contribution in [0, 0.1) is 0 Å². The third-order valence-corrected chi connectivity index (χ3v) is 4.78. The van der Waals surface area contributed by atoms with Gasteiger partial charge in [0.1, 0.15) is 12.4 Å². The van der Waals surface area contributed by atoms with Crippen LogP contribution in [0.1, 0.15) is 11.1 Å². The lowest BCUT2D eigenvalue weighted by Crippen LogP contribution is -2.41. The zero-order chi connectivity index (χ0) is 19.6. The number of hydrogen-bond acceptors (Lipinski definition) is 5. The number of carbonyl (C=O) groups is 1. The Bertz CT molecular complexity index is 743. The standard InChI is InChI=1S/C22H29N3O3.2ClH/c23-21(16-18-5-2-1-3-6-18)22(26)24-17-19-7-4-8-20(15-19)28-14-11-25-9-12-27-13-10-25;;/h1-8,15,21H,9-14,16-17,23H2,(H,24,26);2*1H. The molecule has 0 bridgehead atoms. The van der Waals surface area contributed by atoms with Gasteiger partial charge < -0.3 is 20.5 Å². The van der Waals surface area contributed by atoms with Crippen LogP contribution in [0.4, 0.5) is 0 Å². The second-order valence-corrected chi connectivity index (χ2v) is 6.96. The van der Waals surface area contributed by atoms with Crippen molar-refractivity contribution in [2.75, 3.05) is 39.5 Å². The first-order valence-corrected chi connectivity index (χ1v) is 9.80. The van der Waals surface area contributed by atoms with Crippen molar-refractivity contribution in [3.8, 4) is 5.75 Å². The minimum Gasteiger partial charge on any atom is -0.492 e. The maximum Gasteiger partial charge on any atom is 0.237 e. The molecule has 3 rings (SSSR count). The number of amides is 1. The Balaban J connectivity index is 0.00000225.